The Balaban J connectivity index is 1.95. The molecule has 0 N–H and O–H groups in total. The zero-order valence-corrected chi connectivity index (χ0v) is 7.80. The fraction of sp³-hybridized carbons (Fsp3) is 1.00. The molecule has 0 aromatic heterocycles. The van der Waals surface area contributed by atoms with Crippen LogP contribution in [0.4, 0.5) is 0 Å². The average molecular weight is 154 g/mol. The third-order valence-electron chi connectivity index (χ3n) is 3.20. The Morgan fingerprint density at radius 1 is 1.45 bits per heavy atom. The van der Waals surface area contributed by atoms with Crippen molar-refractivity contribution in [3.63, 3.8) is 0 Å². The molecule has 0 spiro atoms. The molecule has 2 nitrogen and oxygen atoms in total. The van der Waals surface area contributed by atoms with E-state index in [-0.39, 0.29) is 0 Å². The van der Waals surface area contributed by atoms with E-state index < -0.39 is 0 Å². The zero-order chi connectivity index (χ0) is 8.06. The molecule has 0 atom stereocenters. The lowest BCUT2D eigenvalue weighted by atomic mass is 9.70. The molecule has 0 aromatic carbocycles. The van der Waals surface area contributed by atoms with Gasteiger partial charge in [-0.25, -0.2) is 0 Å². The summed E-state index contributed by atoms with van der Waals surface area (Å²) in [4.78, 5) is 4.85. The highest BCUT2D eigenvalue weighted by Crippen LogP contribution is 2.50. The van der Waals surface area contributed by atoms with Crippen LogP contribution in [0.3, 0.4) is 0 Å². The summed E-state index contributed by atoms with van der Waals surface area (Å²) < 4.78 is 0. The highest BCUT2D eigenvalue weighted by atomic mass is 15.2. The molecule has 0 unspecified atom stereocenters. The van der Waals surface area contributed by atoms with Gasteiger partial charge in [-0.15, -0.1) is 0 Å². The first-order valence-electron chi connectivity index (χ1n) is 4.46. The van der Waals surface area contributed by atoms with Gasteiger partial charge in [0, 0.05) is 19.1 Å². The molecule has 1 aliphatic carbocycles. The smallest absolute Gasteiger partial charge is 0.0105 e. The number of rotatable bonds is 2. The Kier molecular flexibility index (Phi) is 1.52. The molecule has 2 aliphatic heterocycles. The SMILES string of the molecule is CN(C)CC12CC(C1)N(C)C2. The Morgan fingerprint density at radius 3 is 2.45 bits per heavy atom. The van der Waals surface area contributed by atoms with E-state index in [1.807, 2.05) is 0 Å². The third-order valence-corrected chi connectivity index (χ3v) is 3.20. The topological polar surface area (TPSA) is 6.48 Å². The normalized spacial score (nSPS) is 43.1. The van der Waals surface area contributed by atoms with Crippen LogP contribution in [0.25, 0.3) is 0 Å². The quantitative estimate of drug-likeness (QED) is 0.576. The van der Waals surface area contributed by atoms with Crippen LogP contribution in [-0.4, -0.2) is 50.1 Å². The van der Waals surface area contributed by atoms with Crippen molar-refractivity contribution in [3.05, 3.63) is 0 Å². The van der Waals surface area contributed by atoms with Gasteiger partial charge in [0.05, 0.1) is 0 Å². The van der Waals surface area contributed by atoms with Crippen LogP contribution in [0.15, 0.2) is 0 Å². The van der Waals surface area contributed by atoms with Gasteiger partial charge in [0.25, 0.3) is 0 Å². The summed E-state index contributed by atoms with van der Waals surface area (Å²) in [5.41, 5.74) is 0.683. The van der Waals surface area contributed by atoms with Crippen molar-refractivity contribution >= 4 is 0 Å². The molecular formula is C9H18N2. The Morgan fingerprint density at radius 2 is 2.09 bits per heavy atom. The molecule has 0 amide bonds. The van der Waals surface area contributed by atoms with E-state index >= 15 is 0 Å². The maximum absolute atomic E-state index is 2.52. The van der Waals surface area contributed by atoms with Crippen molar-refractivity contribution in [2.45, 2.75) is 18.9 Å². The van der Waals surface area contributed by atoms with Gasteiger partial charge in [-0.05, 0) is 39.4 Å². The highest BCUT2D eigenvalue weighted by Gasteiger charge is 2.53. The summed E-state index contributed by atoms with van der Waals surface area (Å²) in [5.74, 6) is 0. The molecule has 3 fully saturated rings. The summed E-state index contributed by atoms with van der Waals surface area (Å²) in [7, 11) is 6.62. The number of hydrogen-bond acceptors (Lipinski definition) is 2. The van der Waals surface area contributed by atoms with Crippen LogP contribution in [0.2, 0.25) is 0 Å². The maximum Gasteiger partial charge on any atom is 0.0105 e. The summed E-state index contributed by atoms with van der Waals surface area (Å²) in [5, 5.41) is 0. The Bertz CT molecular complexity index is 159. The van der Waals surface area contributed by atoms with Crippen LogP contribution in [-0.2, 0) is 0 Å². The van der Waals surface area contributed by atoms with E-state index in [2.05, 4.69) is 30.9 Å². The second-order valence-electron chi connectivity index (χ2n) is 4.71. The minimum atomic E-state index is 0.683. The molecule has 2 saturated heterocycles. The van der Waals surface area contributed by atoms with Crippen molar-refractivity contribution < 1.29 is 0 Å². The predicted octanol–water partition coefficient (Wildman–Crippen LogP) is 0.642. The molecule has 2 bridgehead atoms. The Hall–Kier alpha value is -0.0800. The van der Waals surface area contributed by atoms with Crippen molar-refractivity contribution in [2.24, 2.45) is 5.41 Å². The lowest BCUT2D eigenvalue weighted by molar-refractivity contribution is 0.135. The molecule has 11 heavy (non-hydrogen) atoms. The lowest BCUT2D eigenvalue weighted by Gasteiger charge is -2.39. The van der Waals surface area contributed by atoms with Gasteiger partial charge in [-0.3, -0.25) is 0 Å². The van der Waals surface area contributed by atoms with Crippen molar-refractivity contribution in [2.75, 3.05) is 34.2 Å². The molecular weight excluding hydrogens is 136 g/mol. The van der Waals surface area contributed by atoms with E-state index in [1.54, 1.807) is 0 Å². The third kappa shape index (κ3) is 1.09. The summed E-state index contributed by atoms with van der Waals surface area (Å²) in [6.07, 6.45) is 2.89. The molecule has 2 heteroatoms. The van der Waals surface area contributed by atoms with Gasteiger partial charge < -0.3 is 9.80 Å². The predicted molar refractivity (Wildman–Crippen MR) is 46.6 cm³/mol. The molecule has 64 valence electrons. The number of nitrogens with zero attached hydrogens (tertiary/aromatic N) is 2. The fourth-order valence-electron chi connectivity index (χ4n) is 2.89. The largest absolute Gasteiger partial charge is 0.309 e. The van der Waals surface area contributed by atoms with E-state index in [4.69, 9.17) is 0 Å². The van der Waals surface area contributed by atoms with Crippen LogP contribution >= 0.6 is 0 Å². The van der Waals surface area contributed by atoms with E-state index in [0.717, 1.165) is 6.04 Å². The standard InChI is InChI=1S/C9H18N2/c1-10(2)6-9-4-8(5-9)11(3)7-9/h8H,4-7H2,1-3H3. The lowest BCUT2D eigenvalue weighted by Crippen LogP contribution is -2.41. The van der Waals surface area contributed by atoms with Gasteiger partial charge in [0.15, 0.2) is 0 Å². The van der Waals surface area contributed by atoms with Crippen LogP contribution in [0.5, 0.6) is 0 Å². The van der Waals surface area contributed by atoms with Gasteiger partial charge in [0.2, 0.25) is 0 Å². The molecule has 0 aromatic rings. The maximum atomic E-state index is 2.52. The first-order chi connectivity index (χ1) is 5.11. The number of hydrogen-bond donors (Lipinski definition) is 0. The molecule has 2 heterocycles. The molecule has 0 radical (unpaired) electrons. The fourth-order valence-corrected chi connectivity index (χ4v) is 2.89. The Labute approximate surface area is 69.2 Å². The minimum Gasteiger partial charge on any atom is -0.309 e. The van der Waals surface area contributed by atoms with Gasteiger partial charge in [-0.2, -0.15) is 0 Å². The van der Waals surface area contributed by atoms with Crippen molar-refractivity contribution in [1.29, 1.82) is 0 Å². The van der Waals surface area contributed by atoms with Crippen LogP contribution in [0, 0.1) is 5.41 Å². The van der Waals surface area contributed by atoms with Crippen molar-refractivity contribution in [1.82, 2.24) is 9.80 Å². The monoisotopic (exact) mass is 154 g/mol. The van der Waals surface area contributed by atoms with Gasteiger partial charge >= 0.3 is 0 Å². The first-order valence-corrected chi connectivity index (χ1v) is 4.46. The second kappa shape index (κ2) is 2.20. The summed E-state index contributed by atoms with van der Waals surface area (Å²) in [6, 6.07) is 0.926. The molecule has 3 aliphatic rings. The van der Waals surface area contributed by atoms with Gasteiger partial charge in [-0.1, -0.05) is 0 Å². The second-order valence-corrected chi connectivity index (χ2v) is 4.71. The van der Waals surface area contributed by atoms with Crippen LogP contribution in [0.1, 0.15) is 12.8 Å². The average Bonchev–Trinajstić information content (AvgIpc) is 2.16. The molecule has 1 saturated carbocycles. The van der Waals surface area contributed by atoms with Gasteiger partial charge in [0.1, 0.15) is 0 Å². The number of fused-ring (bicyclic) bond motifs is 1. The first kappa shape index (κ1) is 7.56. The van der Waals surface area contributed by atoms with E-state index in [9.17, 15) is 0 Å². The highest BCUT2D eigenvalue weighted by molar-refractivity contribution is 5.07. The summed E-state index contributed by atoms with van der Waals surface area (Å²) in [6.45, 7) is 2.61. The van der Waals surface area contributed by atoms with E-state index in [1.165, 1.54) is 25.9 Å². The zero-order valence-electron chi connectivity index (χ0n) is 7.80. The minimum absolute atomic E-state index is 0.683. The summed E-state index contributed by atoms with van der Waals surface area (Å²) >= 11 is 0. The van der Waals surface area contributed by atoms with Crippen molar-refractivity contribution in [3.8, 4) is 0 Å². The van der Waals surface area contributed by atoms with E-state index in [0.29, 0.717) is 5.41 Å². The molecule has 3 rings (SSSR count). The van der Waals surface area contributed by atoms with Crippen LogP contribution < -0.4 is 0 Å².